The zero-order valence-electron chi connectivity index (χ0n) is 7.87. The third-order valence-electron chi connectivity index (χ3n) is 2.14. The molecule has 1 N–H and O–H groups in total. The average molecular weight is 200 g/mol. The number of nitrogens with zero attached hydrogens (tertiary/aromatic N) is 1. The summed E-state index contributed by atoms with van der Waals surface area (Å²) in [5.74, 6) is 0.230. The van der Waals surface area contributed by atoms with Crippen LogP contribution >= 0.6 is 11.6 Å². The maximum atomic E-state index is 9.28. The predicted octanol–water partition coefficient (Wildman–Crippen LogP) is 2.29. The Kier molecular flexibility index (Phi) is 3.70. The lowest BCUT2D eigenvalue weighted by atomic mass is 10.00. The topological polar surface area (TPSA) is 33.1 Å². The van der Waals surface area contributed by atoms with Crippen LogP contribution in [0.4, 0.5) is 0 Å². The first-order valence-corrected chi connectivity index (χ1v) is 4.76. The van der Waals surface area contributed by atoms with Crippen LogP contribution < -0.4 is 0 Å². The second-order valence-electron chi connectivity index (χ2n) is 3.39. The van der Waals surface area contributed by atoms with Crippen molar-refractivity contribution in [3.63, 3.8) is 0 Å². The van der Waals surface area contributed by atoms with E-state index in [1.165, 1.54) is 0 Å². The Morgan fingerprint density at radius 3 is 2.62 bits per heavy atom. The van der Waals surface area contributed by atoms with Gasteiger partial charge in [0.2, 0.25) is 0 Å². The molecule has 1 rings (SSSR count). The highest BCUT2D eigenvalue weighted by atomic mass is 35.5. The fourth-order valence-electron chi connectivity index (χ4n) is 1.03. The van der Waals surface area contributed by atoms with Crippen LogP contribution in [-0.4, -0.2) is 16.2 Å². The molecule has 0 saturated carbocycles. The van der Waals surface area contributed by atoms with E-state index < -0.39 is 0 Å². The molecule has 1 heterocycles. The molecule has 0 saturated heterocycles. The van der Waals surface area contributed by atoms with Gasteiger partial charge in [0, 0.05) is 11.9 Å². The largest absolute Gasteiger partial charge is 0.393 e. The van der Waals surface area contributed by atoms with Crippen molar-refractivity contribution in [1.82, 2.24) is 4.98 Å². The van der Waals surface area contributed by atoms with E-state index in [1.54, 1.807) is 13.1 Å². The van der Waals surface area contributed by atoms with Crippen molar-refractivity contribution in [2.24, 2.45) is 5.92 Å². The van der Waals surface area contributed by atoms with Crippen LogP contribution in [-0.2, 0) is 6.42 Å². The average Bonchev–Trinajstić information content (AvgIpc) is 2.08. The van der Waals surface area contributed by atoms with Crippen LogP contribution in [0.2, 0.25) is 5.02 Å². The van der Waals surface area contributed by atoms with E-state index >= 15 is 0 Å². The third kappa shape index (κ3) is 3.33. The summed E-state index contributed by atoms with van der Waals surface area (Å²) in [6, 6.07) is 3.71. The second kappa shape index (κ2) is 4.58. The van der Waals surface area contributed by atoms with Crippen LogP contribution in [0.25, 0.3) is 0 Å². The number of aliphatic hydroxyl groups is 1. The zero-order valence-corrected chi connectivity index (χ0v) is 8.62. The number of rotatable bonds is 3. The lowest BCUT2D eigenvalue weighted by Crippen LogP contribution is -2.15. The summed E-state index contributed by atoms with van der Waals surface area (Å²) in [6.45, 7) is 3.79. The molecule has 3 heteroatoms. The first kappa shape index (κ1) is 10.5. The molecular formula is C10H14ClNO. The van der Waals surface area contributed by atoms with E-state index in [4.69, 9.17) is 11.6 Å². The molecule has 0 spiro atoms. The SMILES string of the molecule is CC(O)C(C)Cc1ccc(Cl)cn1. The number of hydrogen-bond acceptors (Lipinski definition) is 2. The molecule has 0 amide bonds. The van der Waals surface area contributed by atoms with Crippen molar-refractivity contribution in [3.8, 4) is 0 Å². The highest BCUT2D eigenvalue weighted by Gasteiger charge is 2.09. The Bertz CT molecular complexity index is 258. The molecular weight excluding hydrogens is 186 g/mol. The van der Waals surface area contributed by atoms with Gasteiger partial charge in [0.1, 0.15) is 0 Å². The van der Waals surface area contributed by atoms with Crippen molar-refractivity contribution in [2.75, 3.05) is 0 Å². The Balaban J connectivity index is 2.59. The molecule has 0 aliphatic heterocycles. The van der Waals surface area contributed by atoms with Gasteiger partial charge in [-0.05, 0) is 31.4 Å². The maximum absolute atomic E-state index is 9.28. The highest BCUT2D eigenvalue weighted by Crippen LogP contribution is 2.12. The van der Waals surface area contributed by atoms with Gasteiger partial charge >= 0.3 is 0 Å². The first-order chi connectivity index (χ1) is 6.09. The van der Waals surface area contributed by atoms with E-state index in [0.29, 0.717) is 5.02 Å². The van der Waals surface area contributed by atoms with Crippen LogP contribution in [0.15, 0.2) is 18.3 Å². The molecule has 0 aliphatic rings. The van der Waals surface area contributed by atoms with E-state index in [-0.39, 0.29) is 12.0 Å². The van der Waals surface area contributed by atoms with Gasteiger partial charge in [0.25, 0.3) is 0 Å². The second-order valence-corrected chi connectivity index (χ2v) is 3.83. The minimum Gasteiger partial charge on any atom is -0.393 e. The third-order valence-corrected chi connectivity index (χ3v) is 2.37. The molecule has 0 bridgehead atoms. The Morgan fingerprint density at radius 1 is 1.46 bits per heavy atom. The molecule has 0 aliphatic carbocycles. The number of pyridine rings is 1. The maximum Gasteiger partial charge on any atom is 0.0589 e. The normalized spacial score (nSPS) is 15.4. The lowest BCUT2D eigenvalue weighted by molar-refractivity contribution is 0.134. The van der Waals surface area contributed by atoms with Gasteiger partial charge in [0.05, 0.1) is 11.1 Å². The quantitative estimate of drug-likeness (QED) is 0.811. The van der Waals surface area contributed by atoms with Crippen LogP contribution in [0.5, 0.6) is 0 Å². The fourth-order valence-corrected chi connectivity index (χ4v) is 1.14. The van der Waals surface area contributed by atoms with Crippen molar-refractivity contribution in [1.29, 1.82) is 0 Å². The van der Waals surface area contributed by atoms with Crippen LogP contribution in [0.3, 0.4) is 0 Å². The summed E-state index contributed by atoms with van der Waals surface area (Å²) in [6.07, 6.45) is 2.12. The standard InChI is InChI=1S/C10H14ClNO/c1-7(8(2)13)5-10-4-3-9(11)6-12-10/h3-4,6-8,13H,5H2,1-2H3. The summed E-state index contributed by atoms with van der Waals surface area (Å²) in [4.78, 5) is 4.16. The lowest BCUT2D eigenvalue weighted by Gasteiger charge is -2.13. The van der Waals surface area contributed by atoms with Gasteiger partial charge in [-0.25, -0.2) is 0 Å². The van der Waals surface area contributed by atoms with E-state index in [1.807, 2.05) is 19.1 Å². The van der Waals surface area contributed by atoms with Crippen molar-refractivity contribution >= 4 is 11.6 Å². The van der Waals surface area contributed by atoms with Crippen molar-refractivity contribution < 1.29 is 5.11 Å². The summed E-state index contributed by atoms with van der Waals surface area (Å²) >= 11 is 5.70. The number of aliphatic hydroxyl groups excluding tert-OH is 1. The van der Waals surface area contributed by atoms with E-state index in [0.717, 1.165) is 12.1 Å². The molecule has 2 atom stereocenters. The molecule has 2 unspecified atom stereocenters. The molecule has 13 heavy (non-hydrogen) atoms. The summed E-state index contributed by atoms with van der Waals surface area (Å²) < 4.78 is 0. The predicted molar refractivity (Wildman–Crippen MR) is 53.8 cm³/mol. The van der Waals surface area contributed by atoms with E-state index in [2.05, 4.69) is 4.98 Å². The molecule has 0 radical (unpaired) electrons. The van der Waals surface area contributed by atoms with Crippen LogP contribution in [0, 0.1) is 5.92 Å². The first-order valence-electron chi connectivity index (χ1n) is 4.38. The monoisotopic (exact) mass is 199 g/mol. The zero-order chi connectivity index (χ0) is 9.84. The number of aromatic nitrogens is 1. The Morgan fingerprint density at radius 2 is 2.15 bits per heavy atom. The highest BCUT2D eigenvalue weighted by molar-refractivity contribution is 6.30. The van der Waals surface area contributed by atoms with Crippen LogP contribution in [0.1, 0.15) is 19.5 Å². The van der Waals surface area contributed by atoms with Gasteiger partial charge in [-0.2, -0.15) is 0 Å². The smallest absolute Gasteiger partial charge is 0.0589 e. The summed E-state index contributed by atoms with van der Waals surface area (Å²) in [5, 5.41) is 9.93. The van der Waals surface area contributed by atoms with Crippen molar-refractivity contribution in [2.45, 2.75) is 26.4 Å². The minimum atomic E-state index is -0.294. The van der Waals surface area contributed by atoms with Gasteiger partial charge in [-0.1, -0.05) is 18.5 Å². The molecule has 1 aromatic rings. The number of halogens is 1. The van der Waals surface area contributed by atoms with Gasteiger partial charge in [-0.3, -0.25) is 4.98 Å². The van der Waals surface area contributed by atoms with Gasteiger partial charge in [0.15, 0.2) is 0 Å². The molecule has 2 nitrogen and oxygen atoms in total. The van der Waals surface area contributed by atoms with Gasteiger partial charge < -0.3 is 5.11 Å². The number of hydrogen-bond donors (Lipinski definition) is 1. The fraction of sp³-hybridized carbons (Fsp3) is 0.500. The van der Waals surface area contributed by atoms with Crippen molar-refractivity contribution in [3.05, 3.63) is 29.0 Å². The minimum absolute atomic E-state index is 0.230. The molecule has 72 valence electrons. The Labute approximate surface area is 83.6 Å². The van der Waals surface area contributed by atoms with E-state index in [9.17, 15) is 5.11 Å². The summed E-state index contributed by atoms with van der Waals surface area (Å²) in [5.41, 5.74) is 0.970. The molecule has 0 fully saturated rings. The molecule has 0 aromatic carbocycles. The summed E-state index contributed by atoms with van der Waals surface area (Å²) in [7, 11) is 0. The molecule has 1 aromatic heterocycles. The van der Waals surface area contributed by atoms with Gasteiger partial charge in [-0.15, -0.1) is 0 Å². The Hall–Kier alpha value is -0.600.